The van der Waals surface area contributed by atoms with Gasteiger partial charge >= 0.3 is 0 Å². The Hall–Kier alpha value is -1.11. The van der Waals surface area contributed by atoms with Gasteiger partial charge in [0, 0.05) is 24.6 Å². The Bertz CT molecular complexity index is 417. The molecule has 1 fully saturated rings. The molecule has 2 heterocycles. The Labute approximate surface area is 137 Å². The summed E-state index contributed by atoms with van der Waals surface area (Å²) in [6, 6.07) is 4.25. The lowest BCUT2D eigenvalue weighted by Gasteiger charge is -2.12. The number of thiophene rings is 1. The lowest BCUT2D eigenvalue weighted by molar-refractivity contribution is 0.0200. The van der Waals surface area contributed by atoms with Crippen LogP contribution in [0.1, 0.15) is 24.6 Å². The summed E-state index contributed by atoms with van der Waals surface area (Å²) in [4.78, 5) is 5.92. The van der Waals surface area contributed by atoms with Crippen LogP contribution in [0.15, 0.2) is 22.5 Å². The molecule has 0 radical (unpaired) electrons. The molecule has 22 heavy (non-hydrogen) atoms. The lowest BCUT2D eigenvalue weighted by Crippen LogP contribution is -2.38. The minimum atomic E-state index is 0.293. The maximum Gasteiger partial charge on any atom is 0.191 e. The summed E-state index contributed by atoms with van der Waals surface area (Å²) in [6.07, 6.45) is 3.60. The molecular weight excluding hydrogens is 298 g/mol. The highest BCUT2D eigenvalue weighted by atomic mass is 32.1. The predicted molar refractivity (Wildman–Crippen MR) is 91.8 cm³/mol. The Morgan fingerprint density at radius 2 is 2.45 bits per heavy atom. The monoisotopic (exact) mass is 325 g/mol. The van der Waals surface area contributed by atoms with Gasteiger partial charge in [0.05, 0.1) is 25.9 Å². The SMILES string of the molecule is CCNC(=NCCOCC1CCCO1)NCCc1cccs1. The first-order valence-corrected chi connectivity index (χ1v) is 9.00. The van der Waals surface area contributed by atoms with Gasteiger partial charge in [-0.25, -0.2) is 0 Å². The van der Waals surface area contributed by atoms with E-state index >= 15 is 0 Å². The van der Waals surface area contributed by atoms with Crippen LogP contribution in [-0.4, -0.2) is 51.5 Å². The van der Waals surface area contributed by atoms with E-state index in [2.05, 4.69) is 40.1 Å². The number of rotatable bonds is 9. The first kappa shape index (κ1) is 17.2. The Balaban J connectivity index is 1.58. The molecule has 1 atom stereocenters. The quantitative estimate of drug-likeness (QED) is 0.414. The maximum atomic E-state index is 5.62. The Kier molecular flexibility index (Phi) is 8.30. The molecule has 2 N–H and O–H groups in total. The Morgan fingerprint density at radius 1 is 1.50 bits per heavy atom. The number of hydrogen-bond donors (Lipinski definition) is 2. The van der Waals surface area contributed by atoms with Crippen LogP contribution in [0, 0.1) is 0 Å². The van der Waals surface area contributed by atoms with Gasteiger partial charge in [0.2, 0.25) is 0 Å². The van der Waals surface area contributed by atoms with Crippen molar-refractivity contribution in [1.82, 2.24) is 10.6 Å². The molecule has 0 amide bonds. The van der Waals surface area contributed by atoms with Gasteiger partial charge in [0.1, 0.15) is 0 Å². The first-order valence-electron chi connectivity index (χ1n) is 8.12. The minimum absolute atomic E-state index is 0.293. The fourth-order valence-electron chi connectivity index (χ4n) is 2.31. The topological polar surface area (TPSA) is 54.9 Å². The van der Waals surface area contributed by atoms with Crippen molar-refractivity contribution in [3.8, 4) is 0 Å². The van der Waals surface area contributed by atoms with Gasteiger partial charge in [-0.3, -0.25) is 4.99 Å². The molecule has 1 aromatic heterocycles. The smallest absolute Gasteiger partial charge is 0.191 e. The fourth-order valence-corrected chi connectivity index (χ4v) is 3.02. The third-order valence-corrected chi connectivity index (χ3v) is 4.36. The van der Waals surface area contributed by atoms with Crippen molar-refractivity contribution in [2.24, 2.45) is 4.99 Å². The number of nitrogens with one attached hydrogen (secondary N) is 2. The second-order valence-electron chi connectivity index (χ2n) is 5.23. The summed E-state index contributed by atoms with van der Waals surface area (Å²) in [5, 5.41) is 8.72. The highest BCUT2D eigenvalue weighted by Gasteiger charge is 2.14. The molecule has 5 nitrogen and oxygen atoms in total. The molecule has 0 aliphatic carbocycles. The van der Waals surface area contributed by atoms with Crippen LogP contribution < -0.4 is 10.6 Å². The molecule has 6 heteroatoms. The third-order valence-electron chi connectivity index (χ3n) is 3.42. The van der Waals surface area contributed by atoms with Crippen molar-refractivity contribution >= 4 is 17.3 Å². The summed E-state index contributed by atoms with van der Waals surface area (Å²) < 4.78 is 11.1. The molecule has 124 valence electrons. The number of ether oxygens (including phenoxy) is 2. The molecule has 1 aliphatic heterocycles. The zero-order chi connectivity index (χ0) is 15.5. The lowest BCUT2D eigenvalue weighted by atomic mass is 10.2. The highest BCUT2D eigenvalue weighted by molar-refractivity contribution is 7.09. The van der Waals surface area contributed by atoms with E-state index in [0.29, 0.717) is 25.9 Å². The van der Waals surface area contributed by atoms with Gasteiger partial charge in [-0.05, 0) is 37.6 Å². The molecule has 0 spiro atoms. The zero-order valence-corrected chi connectivity index (χ0v) is 14.2. The average molecular weight is 325 g/mol. The van der Waals surface area contributed by atoms with E-state index in [-0.39, 0.29) is 0 Å². The van der Waals surface area contributed by atoms with Crippen LogP contribution in [-0.2, 0) is 15.9 Å². The van der Waals surface area contributed by atoms with E-state index in [4.69, 9.17) is 9.47 Å². The van der Waals surface area contributed by atoms with E-state index in [1.807, 2.05) is 0 Å². The molecule has 0 saturated carbocycles. The largest absolute Gasteiger partial charge is 0.377 e. The first-order chi connectivity index (χ1) is 10.9. The van der Waals surface area contributed by atoms with Crippen LogP contribution in [0.2, 0.25) is 0 Å². The van der Waals surface area contributed by atoms with Gasteiger partial charge in [0.15, 0.2) is 5.96 Å². The third kappa shape index (κ3) is 6.77. The van der Waals surface area contributed by atoms with Gasteiger partial charge in [0.25, 0.3) is 0 Å². The normalized spacial score (nSPS) is 18.6. The number of guanidine groups is 1. The summed E-state index contributed by atoms with van der Waals surface area (Å²) in [6.45, 7) is 6.71. The van der Waals surface area contributed by atoms with Gasteiger partial charge in [-0.1, -0.05) is 6.07 Å². The fraction of sp³-hybridized carbons (Fsp3) is 0.688. The summed E-state index contributed by atoms with van der Waals surface area (Å²) in [7, 11) is 0. The molecule has 2 rings (SSSR count). The van der Waals surface area contributed by atoms with Crippen molar-refractivity contribution in [1.29, 1.82) is 0 Å². The molecule has 0 aromatic carbocycles. The van der Waals surface area contributed by atoms with Crippen LogP contribution in [0.5, 0.6) is 0 Å². The van der Waals surface area contributed by atoms with Crippen molar-refractivity contribution in [3.05, 3.63) is 22.4 Å². The van der Waals surface area contributed by atoms with Crippen LogP contribution >= 0.6 is 11.3 Å². The zero-order valence-electron chi connectivity index (χ0n) is 13.3. The van der Waals surface area contributed by atoms with E-state index in [1.165, 1.54) is 4.88 Å². The van der Waals surface area contributed by atoms with Crippen LogP contribution in [0.25, 0.3) is 0 Å². The van der Waals surface area contributed by atoms with Crippen molar-refractivity contribution in [2.45, 2.75) is 32.3 Å². The van der Waals surface area contributed by atoms with Gasteiger partial charge < -0.3 is 20.1 Å². The minimum Gasteiger partial charge on any atom is -0.377 e. The van der Waals surface area contributed by atoms with E-state index in [0.717, 1.165) is 44.9 Å². The summed E-state index contributed by atoms with van der Waals surface area (Å²) >= 11 is 1.79. The van der Waals surface area contributed by atoms with Crippen molar-refractivity contribution < 1.29 is 9.47 Å². The summed E-state index contributed by atoms with van der Waals surface area (Å²) in [5.41, 5.74) is 0. The Morgan fingerprint density at radius 3 is 3.18 bits per heavy atom. The van der Waals surface area contributed by atoms with Crippen molar-refractivity contribution in [3.63, 3.8) is 0 Å². The molecule has 1 saturated heterocycles. The average Bonchev–Trinajstić information content (AvgIpc) is 3.20. The maximum absolute atomic E-state index is 5.62. The number of aliphatic imine (C=N–C) groups is 1. The van der Waals surface area contributed by atoms with E-state index in [1.54, 1.807) is 11.3 Å². The predicted octanol–water partition coefficient (Wildman–Crippen LogP) is 2.04. The standard InChI is InChI=1S/C16H27N3O2S/c1-2-17-16(18-8-7-15-6-4-12-22-15)19-9-11-20-13-14-5-3-10-21-14/h4,6,12,14H,2-3,5,7-11,13H2,1H3,(H2,17,18,19). The molecule has 1 aromatic rings. The van der Waals surface area contributed by atoms with Gasteiger partial charge in [-0.2, -0.15) is 0 Å². The molecule has 0 bridgehead atoms. The molecule has 1 aliphatic rings. The number of hydrogen-bond acceptors (Lipinski definition) is 4. The van der Waals surface area contributed by atoms with Crippen molar-refractivity contribution in [2.75, 3.05) is 39.5 Å². The van der Waals surface area contributed by atoms with E-state index in [9.17, 15) is 0 Å². The highest BCUT2D eigenvalue weighted by Crippen LogP contribution is 2.11. The summed E-state index contributed by atoms with van der Waals surface area (Å²) in [5.74, 6) is 0.861. The number of nitrogens with zero attached hydrogens (tertiary/aromatic N) is 1. The second-order valence-corrected chi connectivity index (χ2v) is 6.26. The second kappa shape index (κ2) is 10.6. The van der Waals surface area contributed by atoms with Crippen LogP contribution in [0.3, 0.4) is 0 Å². The van der Waals surface area contributed by atoms with Gasteiger partial charge in [-0.15, -0.1) is 11.3 Å². The molecular formula is C16H27N3O2S. The van der Waals surface area contributed by atoms with Crippen LogP contribution in [0.4, 0.5) is 0 Å². The molecule has 1 unspecified atom stereocenters. The van der Waals surface area contributed by atoms with E-state index < -0.39 is 0 Å².